The van der Waals surface area contributed by atoms with Crippen LogP contribution in [0.25, 0.3) is 6.08 Å². The quantitative estimate of drug-likeness (QED) is 0.161. The van der Waals surface area contributed by atoms with Crippen LogP contribution in [0.3, 0.4) is 0 Å². The van der Waals surface area contributed by atoms with E-state index in [2.05, 4.69) is 50.5 Å². The maximum absolute atomic E-state index is 14.2. The second kappa shape index (κ2) is 14.3. The minimum absolute atomic E-state index is 0.213. The van der Waals surface area contributed by atoms with E-state index in [0.717, 1.165) is 35.3 Å². The number of amides is 1. The molecular weight excluding hydrogens is 824 g/mol. The molecule has 1 aromatic heterocycles. The number of hydrogen-bond donors (Lipinski definition) is 1. The van der Waals surface area contributed by atoms with Gasteiger partial charge in [-0.15, -0.1) is 0 Å². The summed E-state index contributed by atoms with van der Waals surface area (Å²) in [5, 5.41) is 2.99. The number of halogens is 2. The fraction of sp³-hybridized carbons (Fsp3) is 0.139. The van der Waals surface area contributed by atoms with Crippen LogP contribution in [0, 0.1) is 7.14 Å². The fourth-order valence-electron chi connectivity index (χ4n) is 5.24. The lowest BCUT2D eigenvalue weighted by atomic mass is 9.95. The number of rotatable bonds is 9. The van der Waals surface area contributed by atoms with E-state index in [4.69, 9.17) is 14.5 Å². The molecule has 5 aromatic rings. The van der Waals surface area contributed by atoms with Crippen LogP contribution in [0.15, 0.2) is 118 Å². The Morgan fingerprint density at radius 3 is 2.26 bits per heavy atom. The number of hydrogen-bond acceptors (Lipinski definition) is 6. The summed E-state index contributed by atoms with van der Waals surface area (Å²) < 4.78 is 15.9. The lowest BCUT2D eigenvalue weighted by molar-refractivity contribution is -0.113. The van der Waals surface area contributed by atoms with Crippen LogP contribution < -0.4 is 29.7 Å². The smallest absolute Gasteiger partial charge is 0.271 e. The van der Waals surface area contributed by atoms with Crippen LogP contribution >= 0.6 is 56.5 Å². The fourth-order valence-corrected chi connectivity index (χ4v) is 8.42. The van der Waals surface area contributed by atoms with Crippen molar-refractivity contribution < 1.29 is 14.3 Å². The largest absolute Gasteiger partial charge is 0.494 e. The van der Waals surface area contributed by atoms with Crippen LogP contribution in [0.4, 0.5) is 5.69 Å². The highest BCUT2D eigenvalue weighted by molar-refractivity contribution is 14.1. The van der Waals surface area contributed by atoms with Crippen LogP contribution in [-0.4, -0.2) is 17.1 Å². The molecular formula is C36H29I2N3O4S. The molecule has 2 heterocycles. The SMILES string of the molecule is CCOc1ccc([C@@H]2C(C(=O)Nc3ccccc3)=C(C)N=c3s/c(=C\c4cc(I)c(OCc5ccccc5)c(I)c4)c(=O)n32)cc1. The van der Waals surface area contributed by atoms with Crippen molar-refractivity contribution in [2.24, 2.45) is 4.99 Å². The molecule has 46 heavy (non-hydrogen) atoms. The molecule has 1 N–H and O–H groups in total. The zero-order valence-electron chi connectivity index (χ0n) is 25.0. The minimum Gasteiger partial charge on any atom is -0.494 e. The first-order valence-electron chi connectivity index (χ1n) is 14.6. The number of thiazole rings is 1. The number of para-hydroxylation sites is 1. The number of allylic oxidation sites excluding steroid dienone is 1. The Balaban J connectivity index is 1.40. The number of anilines is 1. The zero-order valence-corrected chi connectivity index (χ0v) is 30.1. The van der Waals surface area contributed by atoms with Gasteiger partial charge in [0.05, 0.1) is 35.6 Å². The summed E-state index contributed by atoms with van der Waals surface area (Å²) in [5.74, 6) is 1.22. The van der Waals surface area contributed by atoms with E-state index in [9.17, 15) is 9.59 Å². The summed E-state index contributed by atoms with van der Waals surface area (Å²) in [6.45, 7) is 4.75. The molecule has 0 fully saturated rings. The summed E-state index contributed by atoms with van der Waals surface area (Å²) >= 11 is 5.86. The van der Waals surface area contributed by atoms with Gasteiger partial charge in [-0.3, -0.25) is 14.2 Å². The molecule has 1 atom stereocenters. The molecule has 0 aliphatic carbocycles. The van der Waals surface area contributed by atoms with E-state index in [1.54, 1.807) is 4.57 Å². The molecule has 1 aliphatic heterocycles. The Kier molecular flexibility index (Phi) is 10.0. The molecule has 1 amide bonds. The predicted octanol–water partition coefficient (Wildman–Crippen LogP) is 7.06. The van der Waals surface area contributed by atoms with Gasteiger partial charge in [0, 0.05) is 5.69 Å². The number of ether oxygens (including phenoxy) is 2. The van der Waals surface area contributed by atoms with Gasteiger partial charge in [-0.2, -0.15) is 0 Å². The monoisotopic (exact) mass is 853 g/mol. The summed E-state index contributed by atoms with van der Waals surface area (Å²) in [7, 11) is 0. The van der Waals surface area contributed by atoms with Gasteiger partial charge in [0.1, 0.15) is 18.1 Å². The summed E-state index contributed by atoms with van der Waals surface area (Å²) in [6.07, 6.45) is 1.88. The summed E-state index contributed by atoms with van der Waals surface area (Å²) in [4.78, 5) is 33.3. The molecule has 1 aliphatic rings. The predicted molar refractivity (Wildman–Crippen MR) is 199 cm³/mol. The highest BCUT2D eigenvalue weighted by atomic mass is 127. The van der Waals surface area contributed by atoms with E-state index in [0.29, 0.717) is 39.5 Å². The van der Waals surface area contributed by atoms with Crippen LogP contribution in [0.2, 0.25) is 0 Å². The lowest BCUT2D eigenvalue weighted by Crippen LogP contribution is -2.40. The summed E-state index contributed by atoms with van der Waals surface area (Å²) in [5.41, 5.74) is 4.17. The van der Waals surface area contributed by atoms with Gasteiger partial charge in [0.2, 0.25) is 0 Å². The first-order chi connectivity index (χ1) is 22.3. The van der Waals surface area contributed by atoms with E-state index in [-0.39, 0.29) is 11.5 Å². The van der Waals surface area contributed by atoms with Gasteiger partial charge < -0.3 is 14.8 Å². The first-order valence-corrected chi connectivity index (χ1v) is 17.6. The number of fused-ring (bicyclic) bond motifs is 1. The third-order valence-corrected chi connectivity index (χ3v) is 9.93. The van der Waals surface area contributed by atoms with Crippen LogP contribution in [0.5, 0.6) is 11.5 Å². The van der Waals surface area contributed by atoms with Crippen molar-refractivity contribution in [2.75, 3.05) is 11.9 Å². The van der Waals surface area contributed by atoms with Gasteiger partial charge in [0.25, 0.3) is 11.5 Å². The van der Waals surface area contributed by atoms with Gasteiger partial charge in [-0.25, -0.2) is 4.99 Å². The van der Waals surface area contributed by atoms with Crippen molar-refractivity contribution in [2.45, 2.75) is 26.5 Å². The minimum atomic E-state index is -0.674. The first kappa shape index (κ1) is 32.2. The molecule has 0 saturated heterocycles. The van der Waals surface area contributed by atoms with E-state index in [1.807, 2.05) is 117 Å². The molecule has 0 saturated carbocycles. The molecule has 4 aromatic carbocycles. The maximum Gasteiger partial charge on any atom is 0.271 e. The average Bonchev–Trinajstić information content (AvgIpc) is 3.35. The van der Waals surface area contributed by atoms with Crippen molar-refractivity contribution >= 4 is 74.2 Å². The zero-order chi connectivity index (χ0) is 32.2. The van der Waals surface area contributed by atoms with Crippen molar-refractivity contribution in [1.29, 1.82) is 0 Å². The summed E-state index contributed by atoms with van der Waals surface area (Å²) in [6, 6.07) is 30.2. The van der Waals surface area contributed by atoms with Crippen molar-refractivity contribution in [3.63, 3.8) is 0 Å². The maximum atomic E-state index is 14.2. The molecule has 0 spiro atoms. The Bertz CT molecular complexity index is 2090. The molecule has 10 heteroatoms. The van der Waals surface area contributed by atoms with Gasteiger partial charge >= 0.3 is 0 Å². The lowest BCUT2D eigenvalue weighted by Gasteiger charge is -2.25. The molecule has 6 rings (SSSR count). The Labute approximate surface area is 297 Å². The van der Waals surface area contributed by atoms with Gasteiger partial charge in [-0.05, 0) is 118 Å². The average molecular weight is 854 g/mol. The number of nitrogens with zero attached hydrogens (tertiary/aromatic N) is 2. The van der Waals surface area contributed by atoms with Crippen LogP contribution in [0.1, 0.15) is 36.6 Å². The second-order valence-electron chi connectivity index (χ2n) is 10.5. The van der Waals surface area contributed by atoms with Gasteiger partial charge in [-0.1, -0.05) is 72.0 Å². The number of nitrogens with one attached hydrogen (secondary N) is 1. The number of carbonyl (C=O) groups is 1. The third kappa shape index (κ3) is 6.98. The van der Waals surface area contributed by atoms with E-state index < -0.39 is 6.04 Å². The third-order valence-electron chi connectivity index (χ3n) is 7.35. The highest BCUT2D eigenvalue weighted by Gasteiger charge is 2.32. The molecule has 232 valence electrons. The number of aromatic nitrogens is 1. The topological polar surface area (TPSA) is 81.9 Å². The van der Waals surface area contributed by atoms with Gasteiger partial charge in [0.15, 0.2) is 4.80 Å². The molecule has 0 unspecified atom stereocenters. The Morgan fingerprint density at radius 2 is 1.61 bits per heavy atom. The van der Waals surface area contributed by atoms with Crippen LogP contribution in [-0.2, 0) is 11.4 Å². The Morgan fingerprint density at radius 1 is 0.957 bits per heavy atom. The van der Waals surface area contributed by atoms with E-state index in [1.165, 1.54) is 11.3 Å². The molecule has 7 nitrogen and oxygen atoms in total. The highest BCUT2D eigenvalue weighted by Crippen LogP contribution is 2.32. The second-order valence-corrected chi connectivity index (χ2v) is 13.8. The molecule has 0 bridgehead atoms. The normalized spacial score (nSPS) is 14.4. The standard InChI is InChI=1S/C36H29I2N3O4S/c1-3-44-27-16-14-25(15-17-27)32-31(34(42)40-26-12-8-5-9-13-26)22(2)39-36-41(32)35(43)30(46-36)20-24-18-28(37)33(29(38)19-24)45-21-23-10-6-4-7-11-23/h4-20,32H,3,21H2,1-2H3,(H,40,42)/b30-20-/t32-/m1/s1. The van der Waals surface area contributed by atoms with Crippen molar-refractivity contribution in [3.8, 4) is 11.5 Å². The number of benzene rings is 4. The van der Waals surface area contributed by atoms with Crippen molar-refractivity contribution in [3.05, 3.63) is 152 Å². The van der Waals surface area contributed by atoms with E-state index >= 15 is 0 Å². The molecule has 0 radical (unpaired) electrons. The number of carbonyl (C=O) groups excluding carboxylic acids is 1. The Hall–Kier alpha value is -3.75. The van der Waals surface area contributed by atoms with Crippen molar-refractivity contribution in [1.82, 2.24) is 4.57 Å².